The van der Waals surface area contributed by atoms with Gasteiger partial charge in [0.2, 0.25) is 0 Å². The number of fused-ring (bicyclic) bond motifs is 1. The molecule has 0 atom stereocenters. The molecular formula is C8H6BBrS. The summed E-state index contributed by atoms with van der Waals surface area (Å²) in [5, 5.41) is 1.34. The Kier molecular flexibility index (Phi) is 1.78. The Labute approximate surface area is 78.8 Å². The van der Waals surface area contributed by atoms with E-state index in [-0.39, 0.29) is 0 Å². The predicted octanol–water partition coefficient (Wildman–Crippen LogP) is 1.92. The Morgan fingerprint density at radius 1 is 1.27 bits per heavy atom. The van der Waals surface area contributed by atoms with Gasteiger partial charge >= 0.3 is 0 Å². The summed E-state index contributed by atoms with van der Waals surface area (Å²) < 4.78 is 3.89. The van der Waals surface area contributed by atoms with Crippen molar-refractivity contribution in [2.45, 2.75) is 0 Å². The summed E-state index contributed by atoms with van der Waals surface area (Å²) in [6.07, 6.45) is 0. The fraction of sp³-hybridized carbons (Fsp3) is 0. The molecule has 3 heteroatoms. The SMILES string of the molecule is Bc1cc2ccc(Br)cc2s1. The highest BCUT2D eigenvalue weighted by molar-refractivity contribution is 9.10. The minimum atomic E-state index is 1.16. The lowest BCUT2D eigenvalue weighted by Crippen LogP contribution is -1.88. The molecule has 1 heterocycles. The predicted molar refractivity (Wildman–Crippen MR) is 57.7 cm³/mol. The molecule has 0 spiro atoms. The van der Waals surface area contributed by atoms with E-state index in [1.54, 1.807) is 0 Å². The molecule has 1 aromatic carbocycles. The van der Waals surface area contributed by atoms with Gasteiger partial charge in [0.15, 0.2) is 7.85 Å². The molecule has 54 valence electrons. The summed E-state index contributed by atoms with van der Waals surface area (Å²) in [4.78, 5) is 0. The minimum absolute atomic E-state index is 1.16. The summed E-state index contributed by atoms with van der Waals surface area (Å²) in [5.74, 6) is 0. The lowest BCUT2D eigenvalue weighted by Gasteiger charge is -1.88. The van der Waals surface area contributed by atoms with Crippen LogP contribution in [-0.4, -0.2) is 7.85 Å². The normalized spacial score (nSPS) is 10.6. The van der Waals surface area contributed by atoms with E-state index in [1.807, 2.05) is 11.3 Å². The van der Waals surface area contributed by atoms with E-state index in [0.717, 1.165) is 4.47 Å². The Morgan fingerprint density at radius 2 is 2.09 bits per heavy atom. The van der Waals surface area contributed by atoms with Gasteiger partial charge in [0, 0.05) is 9.17 Å². The first kappa shape index (κ1) is 7.38. The molecule has 11 heavy (non-hydrogen) atoms. The Hall–Kier alpha value is -0.275. The zero-order valence-corrected chi connectivity index (χ0v) is 8.50. The number of thiophene rings is 1. The van der Waals surface area contributed by atoms with E-state index in [1.165, 1.54) is 14.9 Å². The van der Waals surface area contributed by atoms with Crippen LogP contribution < -0.4 is 4.78 Å². The third kappa shape index (κ3) is 1.35. The molecule has 0 unspecified atom stereocenters. The van der Waals surface area contributed by atoms with E-state index in [0.29, 0.717) is 0 Å². The Morgan fingerprint density at radius 3 is 2.91 bits per heavy atom. The molecule has 0 aliphatic heterocycles. The molecule has 0 fully saturated rings. The maximum absolute atomic E-state index is 3.45. The zero-order valence-electron chi connectivity index (χ0n) is 6.10. The average molecular weight is 225 g/mol. The molecule has 0 aliphatic carbocycles. The third-order valence-corrected chi connectivity index (χ3v) is 3.11. The molecule has 0 aliphatic rings. The molecule has 0 saturated heterocycles. The second-order valence-electron chi connectivity index (χ2n) is 2.54. The van der Waals surface area contributed by atoms with Crippen LogP contribution in [0.3, 0.4) is 0 Å². The Bertz CT molecular complexity index is 394. The van der Waals surface area contributed by atoms with Gasteiger partial charge in [-0.15, -0.1) is 0 Å². The van der Waals surface area contributed by atoms with E-state index < -0.39 is 0 Å². The van der Waals surface area contributed by atoms with Crippen LogP contribution in [-0.2, 0) is 0 Å². The summed E-state index contributed by atoms with van der Waals surface area (Å²) in [7, 11) is 2.14. The summed E-state index contributed by atoms with van der Waals surface area (Å²) in [5.41, 5.74) is 0. The number of halogens is 1. The number of rotatable bonds is 0. The van der Waals surface area contributed by atoms with Crippen molar-refractivity contribution in [2.24, 2.45) is 0 Å². The highest BCUT2D eigenvalue weighted by Crippen LogP contribution is 2.22. The quantitative estimate of drug-likeness (QED) is 0.600. The van der Waals surface area contributed by atoms with Crippen molar-refractivity contribution in [3.05, 3.63) is 28.7 Å². The first-order chi connectivity index (χ1) is 5.25. The number of benzene rings is 1. The van der Waals surface area contributed by atoms with E-state index >= 15 is 0 Å². The fourth-order valence-corrected chi connectivity index (χ4v) is 2.61. The van der Waals surface area contributed by atoms with Crippen LogP contribution in [0.15, 0.2) is 28.7 Å². The van der Waals surface area contributed by atoms with Crippen LogP contribution >= 0.6 is 27.3 Å². The number of hydrogen-bond acceptors (Lipinski definition) is 1. The van der Waals surface area contributed by atoms with Crippen LogP contribution in [0.25, 0.3) is 10.1 Å². The monoisotopic (exact) mass is 224 g/mol. The second kappa shape index (κ2) is 2.65. The highest BCUT2D eigenvalue weighted by Gasteiger charge is 1.97. The van der Waals surface area contributed by atoms with E-state index in [9.17, 15) is 0 Å². The van der Waals surface area contributed by atoms with Crippen LogP contribution in [0.1, 0.15) is 0 Å². The second-order valence-corrected chi connectivity index (χ2v) is 4.74. The third-order valence-electron chi connectivity index (χ3n) is 1.61. The van der Waals surface area contributed by atoms with Gasteiger partial charge in [0.05, 0.1) is 0 Å². The van der Waals surface area contributed by atoms with Crippen molar-refractivity contribution in [3.63, 3.8) is 0 Å². The molecule has 0 bridgehead atoms. The van der Waals surface area contributed by atoms with Crippen molar-refractivity contribution in [1.82, 2.24) is 0 Å². The maximum atomic E-state index is 3.45. The molecule has 0 saturated carbocycles. The van der Waals surface area contributed by atoms with Crippen LogP contribution in [0, 0.1) is 0 Å². The lowest BCUT2D eigenvalue weighted by molar-refractivity contribution is 1.77. The molecule has 0 radical (unpaired) electrons. The van der Waals surface area contributed by atoms with Gasteiger partial charge < -0.3 is 0 Å². The van der Waals surface area contributed by atoms with Gasteiger partial charge in [-0.1, -0.05) is 28.1 Å². The minimum Gasteiger partial charge on any atom is -0.151 e. The van der Waals surface area contributed by atoms with Crippen molar-refractivity contribution < 1.29 is 0 Å². The van der Waals surface area contributed by atoms with Gasteiger partial charge in [-0.05, 0) is 22.3 Å². The molecule has 0 amide bonds. The summed E-state index contributed by atoms with van der Waals surface area (Å²) in [6, 6.07) is 8.59. The van der Waals surface area contributed by atoms with Crippen molar-refractivity contribution in [1.29, 1.82) is 0 Å². The van der Waals surface area contributed by atoms with Gasteiger partial charge in [-0.3, -0.25) is 0 Å². The van der Waals surface area contributed by atoms with Crippen molar-refractivity contribution >= 4 is 50.0 Å². The first-order valence-electron chi connectivity index (χ1n) is 3.41. The van der Waals surface area contributed by atoms with Crippen molar-refractivity contribution in [2.75, 3.05) is 0 Å². The summed E-state index contributed by atoms with van der Waals surface area (Å²) >= 11 is 5.28. The fourth-order valence-electron chi connectivity index (χ4n) is 1.14. The topological polar surface area (TPSA) is 0 Å². The average Bonchev–Trinajstić information content (AvgIpc) is 2.27. The first-order valence-corrected chi connectivity index (χ1v) is 5.02. The standard InChI is InChI=1S/C8H6BBrS/c9-8-3-5-1-2-6(10)4-7(5)11-8/h1-4H,9H2. The molecule has 1 aromatic heterocycles. The maximum Gasteiger partial charge on any atom is 0.152 e. The van der Waals surface area contributed by atoms with E-state index in [4.69, 9.17) is 0 Å². The Balaban J connectivity index is 2.82. The zero-order chi connectivity index (χ0) is 7.84. The van der Waals surface area contributed by atoms with Gasteiger partial charge in [-0.2, -0.15) is 11.3 Å². The lowest BCUT2D eigenvalue weighted by atomic mass is 10.1. The molecule has 2 aromatic rings. The number of hydrogen-bond donors (Lipinski definition) is 0. The smallest absolute Gasteiger partial charge is 0.151 e. The molecule has 2 rings (SSSR count). The van der Waals surface area contributed by atoms with Gasteiger partial charge in [0.1, 0.15) is 0 Å². The highest BCUT2D eigenvalue weighted by atomic mass is 79.9. The van der Waals surface area contributed by atoms with Crippen LogP contribution in [0.4, 0.5) is 0 Å². The van der Waals surface area contributed by atoms with Crippen LogP contribution in [0.2, 0.25) is 0 Å². The van der Waals surface area contributed by atoms with E-state index in [2.05, 4.69) is 48.0 Å². The molecule has 0 N–H and O–H groups in total. The molecular weight excluding hydrogens is 219 g/mol. The largest absolute Gasteiger partial charge is 0.152 e. The van der Waals surface area contributed by atoms with Gasteiger partial charge in [0.25, 0.3) is 0 Å². The van der Waals surface area contributed by atoms with Crippen LogP contribution in [0.5, 0.6) is 0 Å². The van der Waals surface area contributed by atoms with Crippen molar-refractivity contribution in [3.8, 4) is 0 Å². The molecule has 0 nitrogen and oxygen atoms in total. The van der Waals surface area contributed by atoms with Gasteiger partial charge in [-0.25, -0.2) is 0 Å². The summed E-state index contributed by atoms with van der Waals surface area (Å²) in [6.45, 7) is 0.